The number of carbonyl (C=O) groups excluding carboxylic acids is 1. The Labute approximate surface area is 175 Å². The van der Waals surface area contributed by atoms with Crippen LogP contribution >= 0.6 is 0 Å². The number of Topliss-reactive ketones (excluding diaryl/α,β-unsaturated/α-hetero) is 1. The molecule has 4 nitrogen and oxygen atoms in total. The summed E-state index contributed by atoms with van der Waals surface area (Å²) < 4.78 is 6.12. The molecule has 0 spiro atoms. The highest BCUT2D eigenvalue weighted by molar-refractivity contribution is 5.82. The first-order valence-corrected chi connectivity index (χ1v) is 11.9. The average molecular weight is 403 g/mol. The van der Waals surface area contributed by atoms with Gasteiger partial charge >= 0.3 is 0 Å². The molecular formula is C25H38O4. The first-order valence-electron chi connectivity index (χ1n) is 11.9. The lowest BCUT2D eigenvalue weighted by atomic mass is 9.46. The number of carbonyl (C=O) groups is 1. The summed E-state index contributed by atoms with van der Waals surface area (Å²) in [6, 6.07) is 0. The van der Waals surface area contributed by atoms with Gasteiger partial charge in [0.2, 0.25) is 0 Å². The minimum absolute atomic E-state index is 0.00508. The molecule has 29 heavy (non-hydrogen) atoms. The Morgan fingerprint density at radius 1 is 1.03 bits per heavy atom. The molecule has 4 heteroatoms. The summed E-state index contributed by atoms with van der Waals surface area (Å²) in [4.78, 5) is 12.4. The Bertz CT molecular complexity index is 722. The molecule has 3 unspecified atom stereocenters. The van der Waals surface area contributed by atoms with Gasteiger partial charge in [-0.2, -0.15) is 0 Å². The van der Waals surface area contributed by atoms with Gasteiger partial charge in [0, 0.05) is 25.9 Å². The molecule has 2 N–H and O–H groups in total. The van der Waals surface area contributed by atoms with Gasteiger partial charge in [-0.15, -0.1) is 0 Å². The van der Waals surface area contributed by atoms with Crippen LogP contribution in [0.5, 0.6) is 0 Å². The van der Waals surface area contributed by atoms with Gasteiger partial charge in [0.05, 0.1) is 17.8 Å². The monoisotopic (exact) mass is 402 g/mol. The highest BCUT2D eigenvalue weighted by Crippen LogP contribution is 2.66. The van der Waals surface area contributed by atoms with Crippen molar-refractivity contribution in [2.75, 3.05) is 7.11 Å². The van der Waals surface area contributed by atoms with Crippen LogP contribution in [-0.4, -0.2) is 40.9 Å². The molecular weight excluding hydrogens is 364 g/mol. The Hall–Kier alpha value is -0.710. The molecule has 4 fully saturated rings. The Morgan fingerprint density at radius 2 is 1.76 bits per heavy atom. The molecule has 0 saturated heterocycles. The fraction of sp³-hybridized carbons (Fsp3) is 0.880. The fourth-order valence-corrected chi connectivity index (χ4v) is 8.72. The highest BCUT2D eigenvalue weighted by atomic mass is 16.5. The van der Waals surface area contributed by atoms with E-state index in [-0.39, 0.29) is 28.3 Å². The van der Waals surface area contributed by atoms with Crippen molar-refractivity contribution in [3.63, 3.8) is 0 Å². The van der Waals surface area contributed by atoms with E-state index in [0.717, 1.165) is 32.1 Å². The van der Waals surface area contributed by atoms with E-state index in [0.29, 0.717) is 36.9 Å². The zero-order chi connectivity index (χ0) is 20.6. The van der Waals surface area contributed by atoms with Crippen LogP contribution in [-0.2, 0) is 9.53 Å². The van der Waals surface area contributed by atoms with Crippen LogP contribution in [0, 0.1) is 34.5 Å². The number of methoxy groups -OCH3 is 1. The van der Waals surface area contributed by atoms with Gasteiger partial charge < -0.3 is 14.9 Å². The van der Waals surface area contributed by atoms with Crippen molar-refractivity contribution in [2.45, 2.75) is 95.9 Å². The summed E-state index contributed by atoms with van der Waals surface area (Å²) in [6.07, 6.45) is 10.8. The molecule has 0 radical (unpaired) electrons. The van der Waals surface area contributed by atoms with Gasteiger partial charge in [-0.3, -0.25) is 4.79 Å². The zero-order valence-corrected chi connectivity index (χ0v) is 18.3. The van der Waals surface area contributed by atoms with Crippen LogP contribution in [0.1, 0.15) is 78.1 Å². The second-order valence-corrected chi connectivity index (χ2v) is 11.6. The van der Waals surface area contributed by atoms with Gasteiger partial charge in [0.15, 0.2) is 0 Å². The van der Waals surface area contributed by atoms with Crippen molar-refractivity contribution >= 4 is 5.78 Å². The first-order chi connectivity index (χ1) is 13.7. The molecule has 5 rings (SSSR count). The van der Waals surface area contributed by atoms with E-state index in [1.165, 1.54) is 18.4 Å². The lowest BCUT2D eigenvalue weighted by Crippen LogP contribution is -2.57. The van der Waals surface area contributed by atoms with Gasteiger partial charge in [0.1, 0.15) is 5.78 Å². The molecule has 8 atom stereocenters. The van der Waals surface area contributed by atoms with Gasteiger partial charge in [-0.1, -0.05) is 38.3 Å². The van der Waals surface area contributed by atoms with E-state index in [9.17, 15) is 15.0 Å². The van der Waals surface area contributed by atoms with E-state index >= 15 is 0 Å². The number of ketones is 1. The summed E-state index contributed by atoms with van der Waals surface area (Å²) in [7, 11) is 1.83. The Morgan fingerprint density at radius 3 is 2.45 bits per heavy atom. The maximum absolute atomic E-state index is 12.4. The maximum atomic E-state index is 12.4. The SMILES string of the molecule is COC1(C2C[C@@]3(C)C(=CC(O)[C@@H]4[C@H]3CC[C@]3(C)CC(=O)C[C@@H]43)CC2O)CCCC1. The largest absolute Gasteiger partial charge is 0.392 e. The quantitative estimate of drug-likeness (QED) is 0.684. The molecule has 0 bridgehead atoms. The standard InChI is InChI=1S/C25H38O4/c1-23-9-6-17-22(18(23)12-16(26)13-23)21(28)11-15-10-20(27)19(14-24(15,17)2)25(29-3)7-4-5-8-25/h11,17-22,27-28H,4-10,12-14H2,1-3H3/t17-,18+,19?,20?,21?,22-,23-,24+/m1/s1. The number of aliphatic hydroxyl groups is 2. The number of fused-ring (bicyclic) bond motifs is 5. The second-order valence-electron chi connectivity index (χ2n) is 11.6. The number of rotatable bonds is 2. The lowest BCUT2D eigenvalue weighted by Gasteiger charge is -2.60. The summed E-state index contributed by atoms with van der Waals surface area (Å²) in [6.45, 7) is 4.66. The van der Waals surface area contributed by atoms with Crippen molar-refractivity contribution in [3.8, 4) is 0 Å². The third-order valence-electron chi connectivity index (χ3n) is 10.3. The van der Waals surface area contributed by atoms with E-state index in [1.807, 2.05) is 7.11 Å². The highest BCUT2D eigenvalue weighted by Gasteiger charge is 2.62. The number of hydrogen-bond acceptors (Lipinski definition) is 4. The van der Waals surface area contributed by atoms with Crippen molar-refractivity contribution in [1.29, 1.82) is 0 Å². The zero-order valence-electron chi connectivity index (χ0n) is 18.3. The molecule has 0 aromatic carbocycles. The van der Waals surface area contributed by atoms with Crippen LogP contribution in [0.25, 0.3) is 0 Å². The summed E-state index contributed by atoms with van der Waals surface area (Å²) in [5.74, 6) is 1.41. The van der Waals surface area contributed by atoms with Gasteiger partial charge in [-0.25, -0.2) is 0 Å². The topological polar surface area (TPSA) is 66.8 Å². The number of hydrogen-bond donors (Lipinski definition) is 2. The molecule has 5 aliphatic carbocycles. The van der Waals surface area contributed by atoms with Crippen LogP contribution in [0.15, 0.2) is 11.6 Å². The smallest absolute Gasteiger partial charge is 0.133 e. The number of aliphatic hydroxyl groups excluding tert-OH is 2. The predicted octanol–water partition coefficient (Wildman–Crippen LogP) is 4.04. The first kappa shape index (κ1) is 20.2. The van der Waals surface area contributed by atoms with E-state index in [4.69, 9.17) is 4.74 Å². The third-order valence-corrected chi connectivity index (χ3v) is 10.3. The molecule has 0 amide bonds. The minimum atomic E-state index is -0.481. The summed E-state index contributed by atoms with van der Waals surface area (Å²) >= 11 is 0. The Balaban J connectivity index is 1.51. The summed E-state index contributed by atoms with van der Waals surface area (Å²) in [5.41, 5.74) is 1.13. The maximum Gasteiger partial charge on any atom is 0.133 e. The predicted molar refractivity (Wildman–Crippen MR) is 111 cm³/mol. The van der Waals surface area contributed by atoms with Crippen LogP contribution in [0.3, 0.4) is 0 Å². The Kier molecular flexibility index (Phi) is 4.63. The van der Waals surface area contributed by atoms with Crippen molar-refractivity contribution in [3.05, 3.63) is 11.6 Å². The van der Waals surface area contributed by atoms with E-state index < -0.39 is 12.2 Å². The van der Waals surface area contributed by atoms with Crippen molar-refractivity contribution in [2.24, 2.45) is 34.5 Å². The normalized spacial score (nSPS) is 51.2. The lowest BCUT2D eigenvalue weighted by molar-refractivity contribution is -0.143. The molecule has 0 heterocycles. The van der Waals surface area contributed by atoms with Crippen molar-refractivity contribution < 1.29 is 19.7 Å². The number of ether oxygens (including phenoxy) is 1. The third kappa shape index (κ3) is 2.78. The fourth-order valence-electron chi connectivity index (χ4n) is 8.72. The summed E-state index contributed by atoms with van der Waals surface area (Å²) in [5, 5.41) is 22.3. The van der Waals surface area contributed by atoms with Crippen LogP contribution in [0.4, 0.5) is 0 Å². The van der Waals surface area contributed by atoms with Crippen molar-refractivity contribution in [1.82, 2.24) is 0 Å². The molecule has 162 valence electrons. The van der Waals surface area contributed by atoms with Gasteiger partial charge in [-0.05, 0) is 67.1 Å². The molecule has 0 aromatic rings. The van der Waals surface area contributed by atoms with Crippen LogP contribution < -0.4 is 0 Å². The molecule has 0 aliphatic heterocycles. The molecule has 4 saturated carbocycles. The molecule has 0 aromatic heterocycles. The van der Waals surface area contributed by atoms with Crippen LogP contribution in [0.2, 0.25) is 0 Å². The van der Waals surface area contributed by atoms with Gasteiger partial charge in [0.25, 0.3) is 0 Å². The molecule has 5 aliphatic rings. The van der Waals surface area contributed by atoms with E-state index in [2.05, 4.69) is 19.9 Å². The average Bonchev–Trinajstić information content (AvgIpc) is 3.26. The second kappa shape index (κ2) is 6.64. The minimum Gasteiger partial charge on any atom is -0.392 e. The van der Waals surface area contributed by atoms with E-state index in [1.54, 1.807) is 0 Å².